The minimum atomic E-state index is -0.469. The van der Waals surface area contributed by atoms with Gasteiger partial charge in [-0.1, -0.05) is 0 Å². The van der Waals surface area contributed by atoms with Gasteiger partial charge in [-0.2, -0.15) is 0 Å². The number of nitro benzene ring substituents is 1. The number of non-ortho nitro benzene ring substituents is 1. The van der Waals surface area contributed by atoms with Crippen molar-refractivity contribution in [1.82, 2.24) is 4.98 Å². The summed E-state index contributed by atoms with van der Waals surface area (Å²) in [6.45, 7) is 1.85. The number of benzene rings is 1. The number of aryl methyl sites for hydroxylation is 1. The number of nitro groups is 1. The average molecular weight is 245 g/mol. The monoisotopic (exact) mass is 245 g/mol. The standard InChI is InChI=1S/C12H11N3O3/c1-8-6-7-14-12(11(8)13)18-10-4-2-9(3-5-10)15(16)17/h2-7H,13H2,1H3. The summed E-state index contributed by atoms with van der Waals surface area (Å²) in [5.74, 6) is 0.745. The maximum absolute atomic E-state index is 10.5. The van der Waals surface area contributed by atoms with E-state index in [0.717, 1.165) is 5.56 Å². The number of aromatic nitrogens is 1. The highest BCUT2D eigenvalue weighted by Gasteiger charge is 2.08. The van der Waals surface area contributed by atoms with Crippen molar-refractivity contribution in [2.24, 2.45) is 0 Å². The van der Waals surface area contributed by atoms with Gasteiger partial charge in [-0.05, 0) is 30.7 Å². The van der Waals surface area contributed by atoms with Crippen LogP contribution in [0.3, 0.4) is 0 Å². The Morgan fingerprint density at radius 3 is 2.56 bits per heavy atom. The number of rotatable bonds is 3. The number of hydrogen-bond acceptors (Lipinski definition) is 5. The molecular weight excluding hydrogens is 234 g/mol. The summed E-state index contributed by atoms with van der Waals surface area (Å²) in [6, 6.07) is 7.50. The second-order valence-corrected chi connectivity index (χ2v) is 3.70. The van der Waals surface area contributed by atoms with Crippen molar-refractivity contribution in [3.63, 3.8) is 0 Å². The number of anilines is 1. The van der Waals surface area contributed by atoms with Gasteiger partial charge in [0.2, 0.25) is 5.88 Å². The second kappa shape index (κ2) is 4.70. The fraction of sp³-hybridized carbons (Fsp3) is 0.0833. The SMILES string of the molecule is Cc1ccnc(Oc2ccc([N+](=O)[O-])cc2)c1N. The molecule has 0 aliphatic heterocycles. The van der Waals surface area contributed by atoms with Crippen molar-refractivity contribution in [2.75, 3.05) is 5.73 Å². The molecule has 0 fully saturated rings. The first kappa shape index (κ1) is 11.8. The summed E-state index contributed by atoms with van der Waals surface area (Å²) < 4.78 is 5.47. The van der Waals surface area contributed by atoms with E-state index in [1.54, 1.807) is 12.3 Å². The fourth-order valence-corrected chi connectivity index (χ4v) is 1.37. The van der Waals surface area contributed by atoms with E-state index in [1.807, 2.05) is 6.92 Å². The van der Waals surface area contributed by atoms with Crippen LogP contribution in [0.2, 0.25) is 0 Å². The molecule has 0 bridgehead atoms. The maximum atomic E-state index is 10.5. The molecule has 2 N–H and O–H groups in total. The van der Waals surface area contributed by atoms with Crippen LogP contribution < -0.4 is 10.5 Å². The molecule has 0 atom stereocenters. The molecular formula is C12H11N3O3. The van der Waals surface area contributed by atoms with Gasteiger partial charge in [0.25, 0.3) is 5.69 Å². The zero-order valence-corrected chi connectivity index (χ0v) is 9.66. The Hall–Kier alpha value is -2.63. The van der Waals surface area contributed by atoms with Gasteiger partial charge in [-0.25, -0.2) is 4.98 Å². The van der Waals surface area contributed by atoms with E-state index in [9.17, 15) is 10.1 Å². The molecule has 92 valence electrons. The summed E-state index contributed by atoms with van der Waals surface area (Å²) >= 11 is 0. The molecule has 18 heavy (non-hydrogen) atoms. The van der Waals surface area contributed by atoms with Crippen LogP contribution in [0.25, 0.3) is 0 Å². The van der Waals surface area contributed by atoms with Crippen LogP contribution in [0.5, 0.6) is 11.6 Å². The topological polar surface area (TPSA) is 91.3 Å². The lowest BCUT2D eigenvalue weighted by atomic mass is 10.2. The summed E-state index contributed by atoms with van der Waals surface area (Å²) in [5.41, 5.74) is 7.14. The summed E-state index contributed by atoms with van der Waals surface area (Å²) in [4.78, 5) is 14.0. The van der Waals surface area contributed by atoms with Crippen molar-refractivity contribution in [3.05, 3.63) is 52.2 Å². The van der Waals surface area contributed by atoms with Gasteiger partial charge in [0.15, 0.2) is 0 Å². The zero-order valence-electron chi connectivity index (χ0n) is 9.66. The Morgan fingerprint density at radius 1 is 1.28 bits per heavy atom. The second-order valence-electron chi connectivity index (χ2n) is 3.70. The van der Waals surface area contributed by atoms with E-state index in [2.05, 4.69) is 4.98 Å². The van der Waals surface area contributed by atoms with Crippen molar-refractivity contribution in [3.8, 4) is 11.6 Å². The lowest BCUT2D eigenvalue weighted by Gasteiger charge is -2.08. The molecule has 0 amide bonds. The third-order valence-electron chi connectivity index (χ3n) is 2.43. The lowest BCUT2D eigenvalue weighted by Crippen LogP contribution is -1.97. The molecule has 1 aromatic heterocycles. The molecule has 0 spiro atoms. The van der Waals surface area contributed by atoms with Crippen LogP contribution >= 0.6 is 0 Å². The van der Waals surface area contributed by atoms with Crippen molar-refractivity contribution in [1.29, 1.82) is 0 Å². The molecule has 0 unspecified atom stereocenters. The van der Waals surface area contributed by atoms with E-state index in [4.69, 9.17) is 10.5 Å². The largest absolute Gasteiger partial charge is 0.437 e. The highest BCUT2D eigenvalue weighted by molar-refractivity contribution is 5.55. The van der Waals surface area contributed by atoms with Crippen LogP contribution in [-0.2, 0) is 0 Å². The Kier molecular flexibility index (Phi) is 3.09. The number of hydrogen-bond donors (Lipinski definition) is 1. The minimum absolute atomic E-state index is 0.00697. The van der Waals surface area contributed by atoms with Gasteiger partial charge in [0.1, 0.15) is 5.75 Å². The van der Waals surface area contributed by atoms with E-state index >= 15 is 0 Å². The Morgan fingerprint density at radius 2 is 1.94 bits per heavy atom. The van der Waals surface area contributed by atoms with Gasteiger partial charge >= 0.3 is 0 Å². The maximum Gasteiger partial charge on any atom is 0.269 e. The third-order valence-corrected chi connectivity index (χ3v) is 2.43. The normalized spacial score (nSPS) is 10.1. The molecule has 1 heterocycles. The number of pyridine rings is 1. The van der Waals surface area contributed by atoms with Crippen LogP contribution in [0.4, 0.5) is 11.4 Å². The van der Waals surface area contributed by atoms with E-state index in [-0.39, 0.29) is 5.69 Å². The Labute approximate surface area is 103 Å². The Bertz CT molecular complexity index is 582. The molecule has 0 aliphatic rings. The van der Waals surface area contributed by atoms with E-state index < -0.39 is 4.92 Å². The summed E-state index contributed by atoms with van der Waals surface area (Å²) in [5, 5.41) is 10.5. The predicted octanol–water partition coefficient (Wildman–Crippen LogP) is 2.67. The van der Waals surface area contributed by atoms with Crippen LogP contribution in [0, 0.1) is 17.0 Å². The number of nitrogen functional groups attached to an aromatic ring is 1. The molecule has 6 heteroatoms. The average Bonchev–Trinajstić information content (AvgIpc) is 2.36. The van der Waals surface area contributed by atoms with Gasteiger partial charge in [0.05, 0.1) is 10.6 Å². The van der Waals surface area contributed by atoms with Crippen LogP contribution in [-0.4, -0.2) is 9.91 Å². The quantitative estimate of drug-likeness (QED) is 0.663. The fourth-order valence-electron chi connectivity index (χ4n) is 1.37. The van der Waals surface area contributed by atoms with Crippen molar-refractivity contribution < 1.29 is 9.66 Å². The minimum Gasteiger partial charge on any atom is -0.437 e. The molecule has 1 aromatic carbocycles. The molecule has 0 saturated carbocycles. The first-order valence-corrected chi connectivity index (χ1v) is 5.21. The number of nitrogens with two attached hydrogens (primary N) is 1. The Balaban J connectivity index is 2.24. The van der Waals surface area contributed by atoms with Gasteiger partial charge in [-0.15, -0.1) is 0 Å². The smallest absolute Gasteiger partial charge is 0.269 e. The summed E-state index contributed by atoms with van der Waals surface area (Å²) in [7, 11) is 0. The molecule has 2 aromatic rings. The lowest BCUT2D eigenvalue weighted by molar-refractivity contribution is -0.384. The highest BCUT2D eigenvalue weighted by Crippen LogP contribution is 2.28. The number of nitrogens with zero attached hydrogens (tertiary/aromatic N) is 2. The molecule has 6 nitrogen and oxygen atoms in total. The molecule has 0 radical (unpaired) electrons. The zero-order chi connectivity index (χ0) is 13.1. The molecule has 0 aliphatic carbocycles. The highest BCUT2D eigenvalue weighted by atomic mass is 16.6. The molecule has 0 saturated heterocycles. The third kappa shape index (κ3) is 2.37. The number of ether oxygens (including phenoxy) is 1. The van der Waals surface area contributed by atoms with Gasteiger partial charge in [0, 0.05) is 18.3 Å². The van der Waals surface area contributed by atoms with E-state index in [1.165, 1.54) is 24.3 Å². The van der Waals surface area contributed by atoms with Crippen LogP contribution in [0.1, 0.15) is 5.56 Å². The predicted molar refractivity (Wildman–Crippen MR) is 66.6 cm³/mol. The first-order valence-electron chi connectivity index (χ1n) is 5.21. The van der Waals surface area contributed by atoms with Crippen molar-refractivity contribution >= 4 is 11.4 Å². The van der Waals surface area contributed by atoms with Gasteiger partial charge < -0.3 is 10.5 Å². The summed E-state index contributed by atoms with van der Waals surface area (Å²) in [6.07, 6.45) is 1.59. The van der Waals surface area contributed by atoms with E-state index in [0.29, 0.717) is 17.3 Å². The molecule has 2 rings (SSSR count). The first-order chi connectivity index (χ1) is 8.58. The van der Waals surface area contributed by atoms with Crippen molar-refractivity contribution in [2.45, 2.75) is 6.92 Å². The van der Waals surface area contributed by atoms with Crippen LogP contribution in [0.15, 0.2) is 36.5 Å². The van der Waals surface area contributed by atoms with Gasteiger partial charge in [-0.3, -0.25) is 10.1 Å².